The van der Waals surface area contributed by atoms with Crippen LogP contribution in [-0.2, 0) is 5.41 Å². The Morgan fingerprint density at radius 3 is 2.12 bits per heavy atom. The van der Waals surface area contributed by atoms with E-state index in [1.807, 2.05) is 0 Å². The Bertz CT molecular complexity index is 1280. The van der Waals surface area contributed by atoms with Gasteiger partial charge in [0.1, 0.15) is 0 Å². The molecule has 4 nitrogen and oxygen atoms in total. The third kappa shape index (κ3) is 3.59. The van der Waals surface area contributed by atoms with Crippen molar-refractivity contribution in [3.63, 3.8) is 0 Å². The molecule has 0 aromatic heterocycles. The van der Waals surface area contributed by atoms with Gasteiger partial charge in [-0.1, -0.05) is 37.8 Å². The third-order valence-corrected chi connectivity index (χ3v) is 8.83. The summed E-state index contributed by atoms with van der Waals surface area (Å²) in [6.45, 7) is 4.96. The van der Waals surface area contributed by atoms with Gasteiger partial charge in [-0.25, -0.2) is 9.59 Å². The monoisotopic (exact) mass is 452 g/mol. The Morgan fingerprint density at radius 2 is 1.50 bits per heavy atom. The van der Waals surface area contributed by atoms with Gasteiger partial charge in [-0.3, -0.25) is 0 Å². The minimum atomic E-state index is -1.22. The zero-order valence-electron chi connectivity index (χ0n) is 19.5. The van der Waals surface area contributed by atoms with Gasteiger partial charge in [0.2, 0.25) is 0 Å². The van der Waals surface area contributed by atoms with Crippen LogP contribution in [0.25, 0.3) is 0 Å². The minimum Gasteiger partial charge on any atom is -0.478 e. The number of aromatic carboxylic acids is 2. The van der Waals surface area contributed by atoms with Gasteiger partial charge >= 0.3 is 11.9 Å². The maximum absolute atomic E-state index is 11.5. The molecule has 2 N–H and O–H groups in total. The molecule has 34 heavy (non-hydrogen) atoms. The Balaban J connectivity index is 1.37. The molecule has 6 rings (SSSR count). The van der Waals surface area contributed by atoms with Crippen molar-refractivity contribution in [1.29, 1.82) is 0 Å². The average Bonchev–Trinajstić information content (AvgIpc) is 2.80. The first kappa shape index (κ1) is 22.3. The first-order valence-corrected chi connectivity index (χ1v) is 11.9. The first-order valence-electron chi connectivity index (χ1n) is 11.9. The zero-order valence-corrected chi connectivity index (χ0v) is 19.5. The van der Waals surface area contributed by atoms with Crippen molar-refractivity contribution in [3.8, 4) is 23.7 Å². The van der Waals surface area contributed by atoms with Crippen LogP contribution in [0.2, 0.25) is 0 Å². The Kier molecular flexibility index (Phi) is 5.29. The Morgan fingerprint density at radius 1 is 0.853 bits per heavy atom. The molecule has 2 unspecified atom stereocenters. The van der Waals surface area contributed by atoms with Gasteiger partial charge in [0.15, 0.2) is 0 Å². The van der Waals surface area contributed by atoms with Crippen molar-refractivity contribution < 1.29 is 19.8 Å². The molecular formula is C30H28O4. The summed E-state index contributed by atoms with van der Waals surface area (Å²) in [5.74, 6) is 11.5. The van der Waals surface area contributed by atoms with E-state index in [4.69, 9.17) is 5.11 Å². The van der Waals surface area contributed by atoms with E-state index in [0.717, 1.165) is 29.4 Å². The average molecular weight is 453 g/mol. The SMILES string of the molecule is CC1(C)C2CC3CC(C2)CC1(c1ccc(C#CC#Cc2ccc(C(=O)O)cc2C(=O)O)cc1)C3. The maximum Gasteiger partial charge on any atom is 0.336 e. The summed E-state index contributed by atoms with van der Waals surface area (Å²) in [7, 11) is 0. The van der Waals surface area contributed by atoms with Crippen molar-refractivity contribution in [2.24, 2.45) is 23.2 Å². The van der Waals surface area contributed by atoms with Crippen molar-refractivity contribution >= 4 is 11.9 Å². The number of benzene rings is 2. The molecular weight excluding hydrogens is 424 g/mol. The Hall–Kier alpha value is -3.50. The predicted molar refractivity (Wildman–Crippen MR) is 130 cm³/mol. The molecule has 0 amide bonds. The molecule has 0 heterocycles. The van der Waals surface area contributed by atoms with Crippen molar-refractivity contribution in [2.75, 3.05) is 0 Å². The molecule has 2 aromatic rings. The van der Waals surface area contributed by atoms with Gasteiger partial charge in [-0.2, -0.15) is 0 Å². The molecule has 0 saturated heterocycles. The molecule has 4 bridgehead atoms. The summed E-state index contributed by atoms with van der Waals surface area (Å²) in [6.07, 6.45) is 6.82. The fraction of sp³-hybridized carbons (Fsp3) is 0.400. The van der Waals surface area contributed by atoms with E-state index in [1.54, 1.807) is 0 Å². The standard InChI is InChI=1S/C30H28O4/c1-29(2)25-14-20-13-21(15-25)18-30(29,17-20)24-11-7-19(8-12-24)5-3-4-6-22-9-10-23(27(31)32)16-26(22)28(33)34/h7-12,16,20-21,25H,13-15,17-18H2,1-2H3,(H,31,32)(H,33,34). The van der Waals surface area contributed by atoms with Crippen molar-refractivity contribution in [2.45, 2.75) is 51.4 Å². The van der Waals surface area contributed by atoms with Gasteiger partial charge in [-0.05, 0) is 103 Å². The highest BCUT2D eigenvalue weighted by Crippen LogP contribution is 2.68. The van der Waals surface area contributed by atoms with E-state index in [9.17, 15) is 14.7 Å². The van der Waals surface area contributed by atoms with Gasteiger partial charge in [0, 0.05) is 16.5 Å². The molecule has 172 valence electrons. The fourth-order valence-corrected chi connectivity index (χ4v) is 7.12. The van der Waals surface area contributed by atoms with Crippen LogP contribution in [0.5, 0.6) is 0 Å². The lowest BCUT2D eigenvalue weighted by atomic mass is 9.38. The second-order valence-electron chi connectivity index (χ2n) is 10.8. The minimum absolute atomic E-state index is 0.0867. The lowest BCUT2D eigenvalue weighted by Gasteiger charge is -2.66. The van der Waals surface area contributed by atoms with E-state index in [1.165, 1.54) is 49.8 Å². The molecule has 4 heteroatoms. The molecule has 4 aliphatic carbocycles. The van der Waals surface area contributed by atoms with Crippen LogP contribution in [0.4, 0.5) is 0 Å². The van der Waals surface area contributed by atoms with Gasteiger partial charge in [0.25, 0.3) is 0 Å². The lowest BCUT2D eigenvalue weighted by molar-refractivity contribution is -0.113. The molecule has 2 aromatic carbocycles. The van der Waals surface area contributed by atoms with Crippen LogP contribution < -0.4 is 0 Å². The summed E-state index contributed by atoms with van der Waals surface area (Å²) in [6, 6.07) is 12.5. The molecule has 4 fully saturated rings. The number of carboxylic acids is 2. The number of hydrogen-bond acceptors (Lipinski definition) is 2. The lowest BCUT2D eigenvalue weighted by Crippen LogP contribution is -2.59. The molecule has 4 saturated carbocycles. The highest BCUT2D eigenvalue weighted by Gasteiger charge is 2.61. The zero-order chi connectivity index (χ0) is 24.1. The van der Waals surface area contributed by atoms with Gasteiger partial charge in [0.05, 0.1) is 11.1 Å². The van der Waals surface area contributed by atoms with Crippen LogP contribution >= 0.6 is 0 Å². The highest BCUT2D eigenvalue weighted by atomic mass is 16.4. The summed E-state index contributed by atoms with van der Waals surface area (Å²) in [5, 5.41) is 18.4. The van der Waals surface area contributed by atoms with E-state index in [2.05, 4.69) is 61.8 Å². The summed E-state index contributed by atoms with van der Waals surface area (Å²) in [5.41, 5.74) is 2.91. The largest absolute Gasteiger partial charge is 0.478 e. The second-order valence-corrected chi connectivity index (χ2v) is 10.8. The second kappa shape index (κ2) is 8.07. The van der Waals surface area contributed by atoms with Gasteiger partial charge < -0.3 is 10.2 Å². The summed E-state index contributed by atoms with van der Waals surface area (Å²) < 4.78 is 0. The van der Waals surface area contributed by atoms with Crippen molar-refractivity contribution in [3.05, 3.63) is 70.3 Å². The van der Waals surface area contributed by atoms with E-state index in [-0.39, 0.29) is 22.1 Å². The van der Waals surface area contributed by atoms with Gasteiger partial charge in [-0.15, -0.1) is 0 Å². The number of rotatable bonds is 3. The van der Waals surface area contributed by atoms with E-state index >= 15 is 0 Å². The topological polar surface area (TPSA) is 74.6 Å². The smallest absolute Gasteiger partial charge is 0.336 e. The fourth-order valence-electron chi connectivity index (χ4n) is 7.12. The Labute approximate surface area is 200 Å². The number of hydrogen-bond donors (Lipinski definition) is 2. The van der Waals surface area contributed by atoms with E-state index in [0.29, 0.717) is 5.41 Å². The highest BCUT2D eigenvalue weighted by molar-refractivity contribution is 5.95. The quantitative estimate of drug-likeness (QED) is 0.596. The van der Waals surface area contributed by atoms with Crippen LogP contribution in [-0.4, -0.2) is 22.2 Å². The molecule has 0 radical (unpaired) electrons. The third-order valence-electron chi connectivity index (χ3n) is 8.83. The predicted octanol–water partition coefficient (Wildman–Crippen LogP) is 5.59. The molecule has 2 atom stereocenters. The van der Waals surface area contributed by atoms with Crippen LogP contribution in [0, 0.1) is 46.9 Å². The number of carbonyl (C=O) groups is 2. The first-order chi connectivity index (χ1) is 16.2. The maximum atomic E-state index is 11.5. The van der Waals surface area contributed by atoms with Crippen LogP contribution in [0.15, 0.2) is 42.5 Å². The molecule has 0 aliphatic heterocycles. The van der Waals surface area contributed by atoms with Crippen LogP contribution in [0.1, 0.15) is 83.4 Å². The summed E-state index contributed by atoms with van der Waals surface area (Å²) >= 11 is 0. The normalized spacial score (nSPS) is 27.8. The van der Waals surface area contributed by atoms with Crippen molar-refractivity contribution in [1.82, 2.24) is 0 Å². The molecule has 4 aliphatic rings. The summed E-state index contributed by atoms with van der Waals surface area (Å²) in [4.78, 5) is 22.6. The number of carboxylic acid groups (broad SMARTS) is 2. The molecule has 0 spiro atoms. The van der Waals surface area contributed by atoms with Crippen LogP contribution in [0.3, 0.4) is 0 Å². The van der Waals surface area contributed by atoms with E-state index < -0.39 is 11.9 Å².